The maximum Gasteiger partial charge on any atom is 0.159 e. The highest BCUT2D eigenvalue weighted by atomic mass is 35.5. The highest BCUT2D eigenvalue weighted by Crippen LogP contribution is 2.23. The van der Waals surface area contributed by atoms with Crippen LogP contribution in [0.4, 0.5) is 0 Å². The van der Waals surface area contributed by atoms with Gasteiger partial charge in [-0.15, -0.1) is 0 Å². The number of halogens is 1. The quantitative estimate of drug-likeness (QED) is 0.731. The maximum absolute atomic E-state index is 5.94. The van der Waals surface area contributed by atoms with Gasteiger partial charge in [-0.25, -0.2) is 9.97 Å². The molecule has 0 saturated carbocycles. The van der Waals surface area contributed by atoms with Gasteiger partial charge in [-0.05, 0) is 48.4 Å². The summed E-state index contributed by atoms with van der Waals surface area (Å²) in [6.45, 7) is 2.63. The molecule has 1 aliphatic rings. The van der Waals surface area contributed by atoms with Gasteiger partial charge in [0.25, 0.3) is 0 Å². The molecule has 1 aromatic carbocycles. The highest BCUT2D eigenvalue weighted by Gasteiger charge is 2.19. The molecule has 3 heterocycles. The van der Waals surface area contributed by atoms with Crippen LogP contribution >= 0.6 is 11.6 Å². The van der Waals surface area contributed by atoms with Gasteiger partial charge in [-0.2, -0.15) is 0 Å². The molecular formula is C18H16ClN3O. The number of hydrogen-bond acceptors (Lipinski definition) is 4. The fourth-order valence-electron chi connectivity index (χ4n) is 2.85. The van der Waals surface area contributed by atoms with E-state index in [0.717, 1.165) is 53.9 Å². The summed E-state index contributed by atoms with van der Waals surface area (Å²) >= 11 is 5.94. The van der Waals surface area contributed by atoms with Crippen LogP contribution in [0.1, 0.15) is 17.0 Å². The first kappa shape index (κ1) is 14.4. The molecule has 0 fully saturated rings. The second kappa shape index (κ2) is 6.14. The van der Waals surface area contributed by atoms with E-state index in [1.165, 1.54) is 5.56 Å². The number of nitrogens with zero attached hydrogens (tertiary/aromatic N) is 3. The Hall–Kier alpha value is -2.17. The molecule has 0 saturated heterocycles. The van der Waals surface area contributed by atoms with E-state index in [2.05, 4.69) is 9.88 Å². The molecule has 4 rings (SSSR count). The summed E-state index contributed by atoms with van der Waals surface area (Å²) in [6.07, 6.45) is 4.64. The Morgan fingerprint density at radius 3 is 2.83 bits per heavy atom. The van der Waals surface area contributed by atoms with Crippen molar-refractivity contribution in [2.24, 2.45) is 0 Å². The molecule has 0 spiro atoms. The average Bonchev–Trinajstić information content (AvgIpc) is 3.08. The van der Waals surface area contributed by atoms with E-state index in [1.807, 2.05) is 42.6 Å². The number of hydrogen-bond donors (Lipinski definition) is 0. The van der Waals surface area contributed by atoms with Crippen molar-refractivity contribution in [3.05, 3.63) is 70.9 Å². The molecule has 1 aliphatic heterocycles. The van der Waals surface area contributed by atoms with Crippen molar-refractivity contribution in [3.8, 4) is 11.4 Å². The van der Waals surface area contributed by atoms with E-state index in [4.69, 9.17) is 21.0 Å². The minimum atomic E-state index is 0.719. The molecule has 0 bridgehead atoms. The zero-order chi connectivity index (χ0) is 15.6. The number of furan rings is 1. The first-order valence-corrected chi connectivity index (χ1v) is 8.01. The van der Waals surface area contributed by atoms with Gasteiger partial charge in [-0.1, -0.05) is 11.6 Å². The van der Waals surface area contributed by atoms with Crippen molar-refractivity contribution in [2.75, 3.05) is 6.54 Å². The lowest BCUT2D eigenvalue weighted by molar-refractivity contribution is 0.222. The lowest BCUT2D eigenvalue weighted by Gasteiger charge is -2.27. The van der Waals surface area contributed by atoms with Crippen LogP contribution in [0.5, 0.6) is 0 Å². The molecule has 23 heavy (non-hydrogen) atoms. The van der Waals surface area contributed by atoms with E-state index < -0.39 is 0 Å². The first-order valence-electron chi connectivity index (χ1n) is 7.63. The fourth-order valence-corrected chi connectivity index (χ4v) is 2.98. The molecule has 0 unspecified atom stereocenters. The molecule has 116 valence electrons. The van der Waals surface area contributed by atoms with E-state index in [0.29, 0.717) is 0 Å². The van der Waals surface area contributed by atoms with Crippen LogP contribution in [0, 0.1) is 0 Å². The Bertz CT molecular complexity index is 800. The Kier molecular flexibility index (Phi) is 3.85. The second-order valence-electron chi connectivity index (χ2n) is 5.71. The van der Waals surface area contributed by atoms with Crippen molar-refractivity contribution in [2.45, 2.75) is 19.5 Å². The van der Waals surface area contributed by atoms with Crippen LogP contribution in [0.25, 0.3) is 11.4 Å². The van der Waals surface area contributed by atoms with Gasteiger partial charge in [0.05, 0.1) is 18.5 Å². The van der Waals surface area contributed by atoms with Crippen molar-refractivity contribution in [1.82, 2.24) is 14.9 Å². The van der Waals surface area contributed by atoms with Gasteiger partial charge < -0.3 is 4.42 Å². The third-order valence-electron chi connectivity index (χ3n) is 4.09. The summed E-state index contributed by atoms with van der Waals surface area (Å²) in [7, 11) is 0. The topological polar surface area (TPSA) is 42.2 Å². The molecule has 0 amide bonds. The summed E-state index contributed by atoms with van der Waals surface area (Å²) < 4.78 is 5.44. The minimum absolute atomic E-state index is 0.719. The normalized spacial score (nSPS) is 14.7. The Morgan fingerprint density at radius 2 is 2.04 bits per heavy atom. The third-order valence-corrected chi connectivity index (χ3v) is 4.34. The van der Waals surface area contributed by atoms with Gasteiger partial charge in [0.2, 0.25) is 0 Å². The van der Waals surface area contributed by atoms with Gasteiger partial charge in [0, 0.05) is 29.9 Å². The summed E-state index contributed by atoms with van der Waals surface area (Å²) in [5.74, 6) is 1.74. The van der Waals surface area contributed by atoms with Crippen molar-refractivity contribution in [1.29, 1.82) is 0 Å². The highest BCUT2D eigenvalue weighted by molar-refractivity contribution is 6.30. The minimum Gasteiger partial charge on any atom is -0.468 e. The zero-order valence-electron chi connectivity index (χ0n) is 12.6. The predicted octanol–water partition coefficient (Wildman–Crippen LogP) is 3.95. The number of aromatic nitrogens is 2. The van der Waals surface area contributed by atoms with Crippen LogP contribution < -0.4 is 0 Å². The maximum atomic E-state index is 5.94. The molecular weight excluding hydrogens is 310 g/mol. The molecule has 0 atom stereocenters. The molecule has 3 aromatic rings. The van der Waals surface area contributed by atoms with Crippen molar-refractivity contribution < 1.29 is 4.42 Å². The molecule has 0 N–H and O–H groups in total. The smallest absolute Gasteiger partial charge is 0.159 e. The molecule has 0 aliphatic carbocycles. The van der Waals surface area contributed by atoms with Crippen LogP contribution in [0.15, 0.2) is 53.3 Å². The Morgan fingerprint density at radius 1 is 1.17 bits per heavy atom. The number of rotatable bonds is 3. The van der Waals surface area contributed by atoms with E-state index in [9.17, 15) is 0 Å². The summed E-state index contributed by atoms with van der Waals surface area (Å²) in [5.41, 5.74) is 3.32. The zero-order valence-corrected chi connectivity index (χ0v) is 13.3. The molecule has 0 radical (unpaired) electrons. The van der Waals surface area contributed by atoms with Crippen molar-refractivity contribution in [3.63, 3.8) is 0 Å². The second-order valence-corrected chi connectivity index (χ2v) is 6.15. The monoisotopic (exact) mass is 325 g/mol. The van der Waals surface area contributed by atoms with Gasteiger partial charge in [0.1, 0.15) is 5.76 Å². The standard InChI is InChI=1S/C18H16ClN3O/c19-15-5-3-13(4-6-15)18-20-10-14-7-8-22(12-17(14)21-18)11-16-2-1-9-23-16/h1-6,9-10H,7-8,11-12H2. The average molecular weight is 326 g/mol. The van der Waals surface area contributed by atoms with Crippen LogP contribution in [-0.4, -0.2) is 21.4 Å². The first-order chi connectivity index (χ1) is 11.3. The van der Waals surface area contributed by atoms with E-state index in [1.54, 1.807) is 6.26 Å². The largest absolute Gasteiger partial charge is 0.468 e. The summed E-state index contributed by atoms with van der Waals surface area (Å²) in [5, 5.41) is 0.719. The Labute approximate surface area is 139 Å². The van der Waals surface area contributed by atoms with E-state index in [-0.39, 0.29) is 0 Å². The third kappa shape index (κ3) is 3.14. The lowest BCUT2D eigenvalue weighted by Crippen LogP contribution is -2.30. The van der Waals surface area contributed by atoms with Crippen LogP contribution in [0.2, 0.25) is 5.02 Å². The van der Waals surface area contributed by atoms with Gasteiger partial charge >= 0.3 is 0 Å². The molecule has 5 heteroatoms. The molecule has 4 nitrogen and oxygen atoms in total. The van der Waals surface area contributed by atoms with Crippen LogP contribution in [-0.2, 0) is 19.5 Å². The number of fused-ring (bicyclic) bond motifs is 1. The van der Waals surface area contributed by atoms with Gasteiger partial charge in [0.15, 0.2) is 5.82 Å². The Balaban J connectivity index is 1.57. The molecule has 2 aromatic heterocycles. The lowest BCUT2D eigenvalue weighted by atomic mass is 10.1. The van der Waals surface area contributed by atoms with E-state index >= 15 is 0 Å². The SMILES string of the molecule is Clc1ccc(-c2ncc3c(n2)CN(Cc2ccco2)CC3)cc1. The number of benzene rings is 1. The van der Waals surface area contributed by atoms with Gasteiger partial charge in [-0.3, -0.25) is 4.90 Å². The van der Waals surface area contributed by atoms with Crippen LogP contribution in [0.3, 0.4) is 0 Å². The van der Waals surface area contributed by atoms with Crippen molar-refractivity contribution >= 4 is 11.6 Å². The summed E-state index contributed by atoms with van der Waals surface area (Å²) in [6, 6.07) is 11.6. The summed E-state index contributed by atoms with van der Waals surface area (Å²) in [4.78, 5) is 11.6. The fraction of sp³-hybridized carbons (Fsp3) is 0.222. The predicted molar refractivity (Wildman–Crippen MR) is 89.0 cm³/mol.